The van der Waals surface area contributed by atoms with Crippen molar-refractivity contribution in [3.63, 3.8) is 0 Å². The molecular weight excluding hydrogens is 356 g/mol. The molecule has 0 heterocycles. The first-order valence-corrected chi connectivity index (χ1v) is 9.43. The summed E-state index contributed by atoms with van der Waals surface area (Å²) in [6.45, 7) is 0.344. The van der Waals surface area contributed by atoms with Crippen molar-refractivity contribution < 1.29 is 22.7 Å². The van der Waals surface area contributed by atoms with Crippen LogP contribution in [-0.2, 0) is 19.6 Å². The predicted molar refractivity (Wildman–Crippen MR) is 97.3 cm³/mol. The summed E-state index contributed by atoms with van der Waals surface area (Å²) in [6.07, 6.45) is 0.713. The van der Waals surface area contributed by atoms with Crippen LogP contribution in [0, 0.1) is 0 Å². The number of carbonyl (C=O) groups is 2. The predicted octanol–water partition coefficient (Wildman–Crippen LogP) is 2.17. The number of sulfonamides is 1. The number of nitrogens with one attached hydrogen (secondary N) is 2. The van der Waals surface area contributed by atoms with Crippen molar-refractivity contribution >= 4 is 27.6 Å². The van der Waals surface area contributed by atoms with E-state index in [9.17, 15) is 18.0 Å². The summed E-state index contributed by atoms with van der Waals surface area (Å²) in [5.74, 6) is -0.623. The molecule has 0 atom stereocenters. The third kappa shape index (κ3) is 5.59. The smallest absolute Gasteiger partial charge is 0.305 e. The SMILES string of the molecule is COC(=O)CCCNC(=O)c1ccc(NS(=O)(=O)c2ccccc2)cc1. The molecule has 0 saturated heterocycles. The molecule has 8 heteroatoms. The number of hydrogen-bond acceptors (Lipinski definition) is 5. The molecule has 2 rings (SSSR count). The van der Waals surface area contributed by atoms with Crippen molar-refractivity contribution in [2.75, 3.05) is 18.4 Å². The lowest BCUT2D eigenvalue weighted by Crippen LogP contribution is -2.25. The van der Waals surface area contributed by atoms with Crippen molar-refractivity contribution in [1.29, 1.82) is 0 Å². The highest BCUT2D eigenvalue weighted by Gasteiger charge is 2.13. The normalized spacial score (nSPS) is 10.8. The molecule has 0 bridgehead atoms. The Labute approximate surface area is 152 Å². The van der Waals surface area contributed by atoms with Gasteiger partial charge in [-0.1, -0.05) is 18.2 Å². The van der Waals surface area contributed by atoms with Gasteiger partial charge in [0, 0.05) is 24.2 Å². The monoisotopic (exact) mass is 376 g/mol. The first-order chi connectivity index (χ1) is 12.4. The number of hydrogen-bond donors (Lipinski definition) is 2. The molecule has 2 aromatic carbocycles. The van der Waals surface area contributed by atoms with Gasteiger partial charge in [0.1, 0.15) is 0 Å². The quantitative estimate of drug-likeness (QED) is 0.543. The van der Waals surface area contributed by atoms with E-state index in [2.05, 4.69) is 14.8 Å². The molecule has 0 unspecified atom stereocenters. The van der Waals surface area contributed by atoms with Gasteiger partial charge < -0.3 is 10.1 Å². The van der Waals surface area contributed by atoms with Crippen molar-refractivity contribution in [3.8, 4) is 0 Å². The average molecular weight is 376 g/mol. The number of ether oxygens (including phenoxy) is 1. The number of benzene rings is 2. The summed E-state index contributed by atoms with van der Waals surface area (Å²) in [5.41, 5.74) is 0.752. The third-order valence-electron chi connectivity index (χ3n) is 3.52. The van der Waals surface area contributed by atoms with E-state index < -0.39 is 10.0 Å². The standard InChI is InChI=1S/C18H20N2O5S/c1-25-17(21)8-5-13-19-18(22)14-9-11-15(12-10-14)20-26(23,24)16-6-3-2-4-7-16/h2-4,6-7,9-12,20H,5,8,13H2,1H3,(H,19,22). The molecule has 0 radical (unpaired) electrons. The lowest BCUT2D eigenvalue weighted by molar-refractivity contribution is -0.140. The van der Waals surface area contributed by atoms with E-state index in [1.165, 1.54) is 43.5 Å². The maximum atomic E-state index is 12.2. The zero-order chi connectivity index (χ0) is 19.0. The largest absolute Gasteiger partial charge is 0.469 e. The molecule has 0 spiro atoms. The Hall–Kier alpha value is -2.87. The van der Waals surface area contributed by atoms with E-state index in [1.54, 1.807) is 18.2 Å². The van der Waals surface area contributed by atoms with Gasteiger partial charge in [-0.2, -0.15) is 0 Å². The second-order valence-corrected chi connectivity index (χ2v) is 7.11. The van der Waals surface area contributed by atoms with Gasteiger partial charge in [-0.25, -0.2) is 8.42 Å². The number of carbonyl (C=O) groups excluding carboxylic acids is 2. The molecule has 2 aromatic rings. The third-order valence-corrected chi connectivity index (χ3v) is 4.92. The van der Waals surface area contributed by atoms with Crippen LogP contribution >= 0.6 is 0 Å². The summed E-state index contributed by atoms with van der Waals surface area (Å²) in [4.78, 5) is 23.2. The van der Waals surface area contributed by atoms with Gasteiger partial charge in [0.05, 0.1) is 12.0 Å². The molecule has 0 saturated carbocycles. The molecule has 0 aliphatic heterocycles. The van der Waals surface area contributed by atoms with Gasteiger partial charge in [-0.05, 0) is 42.8 Å². The highest BCUT2D eigenvalue weighted by molar-refractivity contribution is 7.92. The Morgan fingerprint density at radius 3 is 2.27 bits per heavy atom. The van der Waals surface area contributed by atoms with Crippen molar-refractivity contribution in [1.82, 2.24) is 5.32 Å². The van der Waals surface area contributed by atoms with Crippen molar-refractivity contribution in [2.45, 2.75) is 17.7 Å². The van der Waals surface area contributed by atoms with Crippen LogP contribution in [0.3, 0.4) is 0 Å². The molecule has 0 aliphatic rings. The summed E-state index contributed by atoms with van der Waals surface area (Å²) < 4.78 is 31.5. The average Bonchev–Trinajstić information content (AvgIpc) is 2.65. The lowest BCUT2D eigenvalue weighted by atomic mass is 10.2. The maximum absolute atomic E-state index is 12.2. The molecule has 0 fully saturated rings. The molecule has 1 amide bonds. The number of amides is 1. The fourth-order valence-electron chi connectivity index (χ4n) is 2.14. The maximum Gasteiger partial charge on any atom is 0.305 e. The van der Waals surface area contributed by atoms with Crippen LogP contribution in [0.2, 0.25) is 0 Å². The van der Waals surface area contributed by atoms with Gasteiger partial charge in [0.2, 0.25) is 0 Å². The summed E-state index contributed by atoms with van der Waals surface area (Å²) in [5, 5.41) is 2.69. The van der Waals surface area contributed by atoms with Gasteiger partial charge in [0.15, 0.2) is 0 Å². The number of rotatable bonds is 8. The van der Waals surface area contributed by atoms with Crippen molar-refractivity contribution in [2.24, 2.45) is 0 Å². The second-order valence-electron chi connectivity index (χ2n) is 5.43. The Kier molecular flexibility index (Phi) is 6.74. The van der Waals surface area contributed by atoms with E-state index >= 15 is 0 Å². The first kappa shape index (κ1) is 19.5. The van der Waals surface area contributed by atoms with E-state index in [0.717, 1.165) is 0 Å². The Morgan fingerprint density at radius 1 is 1.00 bits per heavy atom. The summed E-state index contributed by atoms with van der Waals surface area (Å²) in [6, 6.07) is 14.1. The van der Waals surface area contributed by atoms with Crippen LogP contribution in [0.1, 0.15) is 23.2 Å². The van der Waals surface area contributed by atoms with Gasteiger partial charge in [-0.15, -0.1) is 0 Å². The topological polar surface area (TPSA) is 102 Å². The summed E-state index contributed by atoms with van der Waals surface area (Å²) >= 11 is 0. The lowest BCUT2D eigenvalue weighted by Gasteiger charge is -2.09. The number of esters is 1. The number of anilines is 1. The first-order valence-electron chi connectivity index (χ1n) is 7.95. The minimum absolute atomic E-state index is 0.160. The zero-order valence-corrected chi connectivity index (χ0v) is 15.1. The van der Waals surface area contributed by atoms with E-state index in [0.29, 0.717) is 24.2 Å². The molecule has 2 N–H and O–H groups in total. The fourth-order valence-corrected chi connectivity index (χ4v) is 3.22. The van der Waals surface area contributed by atoms with Crippen LogP contribution in [0.25, 0.3) is 0 Å². The molecule has 26 heavy (non-hydrogen) atoms. The van der Waals surface area contributed by atoms with E-state index in [-0.39, 0.29) is 23.2 Å². The second kappa shape index (κ2) is 9.00. The van der Waals surface area contributed by atoms with E-state index in [4.69, 9.17) is 0 Å². The molecule has 0 aliphatic carbocycles. The van der Waals surface area contributed by atoms with Gasteiger partial charge in [-0.3, -0.25) is 14.3 Å². The Balaban J connectivity index is 1.91. The van der Waals surface area contributed by atoms with Crippen LogP contribution in [0.4, 0.5) is 5.69 Å². The van der Waals surface area contributed by atoms with Crippen LogP contribution in [0.15, 0.2) is 59.5 Å². The zero-order valence-electron chi connectivity index (χ0n) is 14.3. The fraction of sp³-hybridized carbons (Fsp3) is 0.222. The van der Waals surface area contributed by atoms with Gasteiger partial charge in [0.25, 0.3) is 15.9 Å². The van der Waals surface area contributed by atoms with Crippen LogP contribution in [0.5, 0.6) is 0 Å². The van der Waals surface area contributed by atoms with Crippen molar-refractivity contribution in [3.05, 3.63) is 60.2 Å². The van der Waals surface area contributed by atoms with Crippen LogP contribution < -0.4 is 10.0 Å². The molecular formula is C18H20N2O5S. The molecule has 7 nitrogen and oxygen atoms in total. The minimum atomic E-state index is -3.67. The molecule has 0 aromatic heterocycles. The minimum Gasteiger partial charge on any atom is -0.469 e. The molecule has 138 valence electrons. The Bertz CT molecular complexity index is 849. The van der Waals surface area contributed by atoms with Gasteiger partial charge >= 0.3 is 5.97 Å². The number of methoxy groups -OCH3 is 1. The van der Waals surface area contributed by atoms with E-state index in [1.807, 2.05) is 0 Å². The highest BCUT2D eigenvalue weighted by atomic mass is 32.2. The van der Waals surface area contributed by atoms with Crippen LogP contribution in [-0.4, -0.2) is 33.9 Å². The highest BCUT2D eigenvalue weighted by Crippen LogP contribution is 2.16. The Morgan fingerprint density at radius 2 is 1.65 bits per heavy atom. The summed E-state index contributed by atoms with van der Waals surface area (Å²) in [7, 11) is -2.36.